The minimum absolute atomic E-state index is 0.0779. The van der Waals surface area contributed by atoms with E-state index in [-0.39, 0.29) is 36.1 Å². The van der Waals surface area contributed by atoms with Crippen molar-refractivity contribution in [3.63, 3.8) is 0 Å². The maximum absolute atomic E-state index is 13.0. The number of aryl methyl sites for hydroxylation is 2. The summed E-state index contributed by atoms with van der Waals surface area (Å²) < 4.78 is 55.0. The molecule has 2 aromatic heterocycles. The summed E-state index contributed by atoms with van der Waals surface area (Å²) in [5.74, 6) is 1.84. The first-order valence-corrected chi connectivity index (χ1v) is 18.6. The van der Waals surface area contributed by atoms with E-state index in [1.54, 1.807) is 36.4 Å². The van der Waals surface area contributed by atoms with Crippen LogP contribution in [-0.4, -0.2) is 51.4 Å². The van der Waals surface area contributed by atoms with Gasteiger partial charge in [-0.1, -0.05) is 28.1 Å². The number of oxazole rings is 2. The van der Waals surface area contributed by atoms with Crippen LogP contribution in [0.5, 0.6) is 0 Å². The molecular formula is C40H49BrF2N2O6. The molecular weight excluding hydrogens is 722 g/mol. The quantitative estimate of drug-likeness (QED) is 0.112. The second-order valence-electron chi connectivity index (χ2n) is 12.6. The predicted molar refractivity (Wildman–Crippen MR) is 197 cm³/mol. The molecule has 4 aromatic rings. The maximum atomic E-state index is 13.0. The Hall–Kier alpha value is -3.48. The lowest BCUT2D eigenvalue weighted by Crippen LogP contribution is -2.28. The number of nitrogens with zero attached hydrogens (tertiary/aromatic N) is 2. The first-order chi connectivity index (χ1) is 24.7. The summed E-state index contributed by atoms with van der Waals surface area (Å²) >= 11 is 3.13. The summed E-state index contributed by atoms with van der Waals surface area (Å²) in [6.07, 6.45) is 11.4. The Kier molecular flexibility index (Phi) is 16.7. The number of alkyl halides is 1. The molecule has 2 aromatic carbocycles. The summed E-state index contributed by atoms with van der Waals surface area (Å²) in [6.45, 7) is 12.2. The molecule has 0 saturated heterocycles. The summed E-state index contributed by atoms with van der Waals surface area (Å²) in [4.78, 5) is 8.94. The SMILES string of the molecule is C=CCBr.C=CCO[C@@H]1CCC[C@H](OCc2nc(-c3ccc(F)cc3)oc2C)C1.Cc1oc(-c2ccc(F)cc2)nc1CO[C@H]1CCC[C@@H](O)C1. The van der Waals surface area contributed by atoms with Gasteiger partial charge in [0.1, 0.15) is 34.5 Å². The summed E-state index contributed by atoms with van der Waals surface area (Å²) in [6, 6.07) is 12.2. The van der Waals surface area contributed by atoms with Crippen LogP contribution in [0.1, 0.15) is 74.3 Å². The molecule has 8 nitrogen and oxygen atoms in total. The highest BCUT2D eigenvalue weighted by molar-refractivity contribution is 9.09. The molecule has 0 amide bonds. The molecule has 0 bridgehead atoms. The lowest BCUT2D eigenvalue weighted by atomic mass is 9.95. The number of allylic oxidation sites excluding steroid dienone is 1. The molecule has 2 aliphatic rings. The lowest BCUT2D eigenvalue weighted by molar-refractivity contribution is -0.0448. The van der Waals surface area contributed by atoms with E-state index in [4.69, 9.17) is 23.0 Å². The molecule has 1 N–H and O–H groups in total. The Balaban J connectivity index is 0.000000208. The van der Waals surface area contributed by atoms with Gasteiger partial charge in [-0.2, -0.15) is 0 Å². The normalized spacial score (nSPS) is 20.0. The first-order valence-electron chi connectivity index (χ1n) is 17.4. The van der Waals surface area contributed by atoms with Crippen molar-refractivity contribution in [1.82, 2.24) is 9.97 Å². The van der Waals surface area contributed by atoms with Crippen LogP contribution < -0.4 is 0 Å². The average Bonchev–Trinajstić information content (AvgIpc) is 3.71. The zero-order valence-electron chi connectivity index (χ0n) is 29.5. The van der Waals surface area contributed by atoms with E-state index >= 15 is 0 Å². The van der Waals surface area contributed by atoms with E-state index in [1.165, 1.54) is 24.3 Å². The molecule has 0 spiro atoms. The van der Waals surface area contributed by atoms with Gasteiger partial charge in [0, 0.05) is 16.5 Å². The van der Waals surface area contributed by atoms with E-state index in [0.29, 0.717) is 43.8 Å². The van der Waals surface area contributed by atoms with E-state index in [9.17, 15) is 13.9 Å². The third-order valence-electron chi connectivity index (χ3n) is 8.61. The van der Waals surface area contributed by atoms with Crippen molar-refractivity contribution in [3.05, 3.63) is 108 Å². The van der Waals surface area contributed by atoms with Crippen LogP contribution in [0, 0.1) is 25.5 Å². The van der Waals surface area contributed by atoms with Gasteiger partial charge < -0.3 is 28.2 Å². The summed E-state index contributed by atoms with van der Waals surface area (Å²) in [5, 5.41) is 10.6. The molecule has 4 atom stereocenters. The fraction of sp³-hybridized carbons (Fsp3) is 0.450. The van der Waals surface area contributed by atoms with Crippen LogP contribution in [0.3, 0.4) is 0 Å². The van der Waals surface area contributed by atoms with Crippen LogP contribution in [-0.2, 0) is 27.4 Å². The Morgan fingerprint density at radius 3 is 1.59 bits per heavy atom. The highest BCUT2D eigenvalue weighted by atomic mass is 79.9. The zero-order chi connectivity index (χ0) is 36.6. The number of aliphatic hydroxyl groups is 1. The second kappa shape index (κ2) is 21.1. The van der Waals surface area contributed by atoms with Crippen molar-refractivity contribution >= 4 is 15.9 Å². The largest absolute Gasteiger partial charge is 0.441 e. The Labute approximate surface area is 308 Å². The van der Waals surface area contributed by atoms with Gasteiger partial charge in [0.05, 0.1) is 44.2 Å². The fourth-order valence-electron chi connectivity index (χ4n) is 5.83. The molecule has 2 fully saturated rings. The standard InChI is InChI=1S/C20H24FNO3.C17H20FNO3.C3H5Br/c1-3-11-23-17-5-4-6-18(12-17)24-13-19-14(2)25-20(22-19)15-7-9-16(21)10-8-15;1-11-16(10-21-15-4-2-3-14(20)9-15)19-17(22-11)12-5-7-13(18)8-6-12;1-2-3-4/h3,7-10,17-18H,1,4-6,11-13H2,2H3;5-8,14-15,20H,2-4,9-10H2,1H3;2H,1,3H2/t17-,18+;14-,15+;/m11./s1. The number of aromatic nitrogens is 2. The molecule has 2 heterocycles. The van der Waals surface area contributed by atoms with Gasteiger partial charge in [0.25, 0.3) is 0 Å². The first kappa shape index (κ1) is 40.3. The fourth-order valence-corrected chi connectivity index (χ4v) is 5.83. The Morgan fingerprint density at radius 2 is 1.16 bits per heavy atom. The van der Waals surface area contributed by atoms with Gasteiger partial charge in [-0.3, -0.25) is 0 Å². The topological polar surface area (TPSA) is 100.0 Å². The molecule has 276 valence electrons. The van der Waals surface area contributed by atoms with Crippen molar-refractivity contribution in [2.45, 2.75) is 103 Å². The molecule has 0 aliphatic heterocycles. The minimum Gasteiger partial charge on any atom is -0.441 e. The molecule has 51 heavy (non-hydrogen) atoms. The van der Waals surface area contributed by atoms with Crippen LogP contribution in [0.15, 0.2) is 82.7 Å². The number of hydrogen-bond acceptors (Lipinski definition) is 8. The molecule has 0 radical (unpaired) electrons. The Morgan fingerprint density at radius 1 is 0.725 bits per heavy atom. The second-order valence-corrected chi connectivity index (χ2v) is 13.2. The zero-order valence-corrected chi connectivity index (χ0v) is 31.1. The third-order valence-corrected chi connectivity index (χ3v) is 9.07. The van der Waals surface area contributed by atoms with Crippen molar-refractivity contribution in [3.8, 4) is 22.9 Å². The van der Waals surface area contributed by atoms with Gasteiger partial charge >= 0.3 is 0 Å². The minimum atomic E-state index is -0.286. The van der Waals surface area contributed by atoms with Crippen molar-refractivity contribution < 1.29 is 36.9 Å². The molecule has 0 unspecified atom stereocenters. The van der Waals surface area contributed by atoms with Crippen LogP contribution >= 0.6 is 15.9 Å². The van der Waals surface area contributed by atoms with Crippen molar-refractivity contribution in [2.75, 3.05) is 11.9 Å². The van der Waals surface area contributed by atoms with Gasteiger partial charge in [0.15, 0.2) is 0 Å². The number of hydrogen-bond donors (Lipinski definition) is 1. The average molecular weight is 772 g/mol. The monoisotopic (exact) mass is 770 g/mol. The lowest BCUT2D eigenvalue weighted by Gasteiger charge is -2.28. The van der Waals surface area contributed by atoms with Crippen molar-refractivity contribution in [2.24, 2.45) is 0 Å². The molecule has 2 saturated carbocycles. The van der Waals surface area contributed by atoms with E-state index in [1.807, 2.05) is 13.8 Å². The number of rotatable bonds is 12. The molecule has 6 rings (SSSR count). The summed E-state index contributed by atoms with van der Waals surface area (Å²) in [7, 11) is 0. The predicted octanol–water partition coefficient (Wildman–Crippen LogP) is 10.00. The van der Waals surface area contributed by atoms with Crippen molar-refractivity contribution in [1.29, 1.82) is 0 Å². The number of halogens is 3. The van der Waals surface area contributed by atoms with Crippen LogP contribution in [0.2, 0.25) is 0 Å². The van der Waals surface area contributed by atoms with Gasteiger partial charge in [-0.25, -0.2) is 18.7 Å². The van der Waals surface area contributed by atoms with Gasteiger partial charge in [0.2, 0.25) is 11.8 Å². The number of aliphatic hydroxyl groups excluding tert-OH is 1. The molecule has 2 aliphatic carbocycles. The Bertz CT molecular complexity index is 1620. The van der Waals surface area contributed by atoms with Crippen LogP contribution in [0.25, 0.3) is 22.9 Å². The highest BCUT2D eigenvalue weighted by Gasteiger charge is 2.24. The number of ether oxygens (including phenoxy) is 3. The maximum Gasteiger partial charge on any atom is 0.226 e. The van der Waals surface area contributed by atoms with Crippen LogP contribution in [0.4, 0.5) is 8.78 Å². The number of benzene rings is 2. The van der Waals surface area contributed by atoms with E-state index < -0.39 is 0 Å². The third kappa shape index (κ3) is 13.2. The highest BCUT2D eigenvalue weighted by Crippen LogP contribution is 2.28. The molecule has 11 heteroatoms. The summed E-state index contributed by atoms with van der Waals surface area (Å²) in [5.41, 5.74) is 3.03. The van der Waals surface area contributed by atoms with E-state index in [2.05, 4.69) is 39.1 Å². The van der Waals surface area contributed by atoms with Gasteiger partial charge in [-0.15, -0.1) is 13.2 Å². The van der Waals surface area contributed by atoms with E-state index in [0.717, 1.165) is 78.6 Å². The smallest absolute Gasteiger partial charge is 0.226 e. The van der Waals surface area contributed by atoms with Gasteiger partial charge in [-0.05, 0) is 114 Å².